The minimum absolute atomic E-state index is 0.0403. The zero-order chi connectivity index (χ0) is 22.4. The fourth-order valence-electron chi connectivity index (χ4n) is 3.34. The number of amides is 1. The summed E-state index contributed by atoms with van der Waals surface area (Å²) in [4.78, 5) is 24.9. The first-order valence-electron chi connectivity index (χ1n) is 9.82. The van der Waals surface area contributed by atoms with E-state index in [0.717, 1.165) is 36.7 Å². The normalized spacial score (nSPS) is 14.2. The summed E-state index contributed by atoms with van der Waals surface area (Å²) < 4.78 is 10.8. The van der Waals surface area contributed by atoms with Crippen molar-refractivity contribution in [2.24, 2.45) is 0 Å². The Morgan fingerprint density at radius 3 is 2.52 bits per heavy atom. The third kappa shape index (κ3) is 5.57. The largest absolute Gasteiger partial charge is 0.493 e. The second-order valence-corrected chi connectivity index (χ2v) is 8.09. The van der Waals surface area contributed by atoms with Crippen LogP contribution in [-0.4, -0.2) is 71.8 Å². The van der Waals surface area contributed by atoms with Gasteiger partial charge in [0.25, 0.3) is 0 Å². The van der Waals surface area contributed by atoms with Crippen LogP contribution in [0.1, 0.15) is 16.7 Å². The van der Waals surface area contributed by atoms with Gasteiger partial charge in [-0.05, 0) is 30.2 Å². The zero-order valence-electron chi connectivity index (χ0n) is 17.9. The molecule has 1 amide bonds. The van der Waals surface area contributed by atoms with Crippen molar-refractivity contribution in [2.45, 2.75) is 18.6 Å². The Kier molecular flexibility index (Phi) is 7.55. The quantitative estimate of drug-likeness (QED) is 0.505. The molecule has 1 fully saturated rings. The van der Waals surface area contributed by atoms with Crippen LogP contribution in [0, 0.1) is 18.3 Å². The van der Waals surface area contributed by atoms with Crippen LogP contribution in [0.3, 0.4) is 0 Å². The van der Waals surface area contributed by atoms with Crippen molar-refractivity contribution in [1.29, 1.82) is 5.26 Å². The summed E-state index contributed by atoms with van der Waals surface area (Å²) in [6.07, 6.45) is 1.38. The maximum absolute atomic E-state index is 12.6. The molecule has 1 aromatic carbocycles. The number of carbonyl (C=O) groups excluding carboxylic acids is 1. The lowest BCUT2D eigenvalue weighted by atomic mass is 10.1. The third-order valence-electron chi connectivity index (χ3n) is 5.20. The highest BCUT2D eigenvalue weighted by molar-refractivity contribution is 7.99. The van der Waals surface area contributed by atoms with Crippen LogP contribution in [0.25, 0.3) is 0 Å². The second kappa shape index (κ2) is 10.3. The molecule has 0 spiro atoms. The van der Waals surface area contributed by atoms with E-state index in [9.17, 15) is 4.79 Å². The van der Waals surface area contributed by atoms with Gasteiger partial charge in [0.2, 0.25) is 5.91 Å². The van der Waals surface area contributed by atoms with Gasteiger partial charge in [-0.25, -0.2) is 9.97 Å². The van der Waals surface area contributed by atoms with Gasteiger partial charge in [-0.3, -0.25) is 9.69 Å². The number of aromatic nitrogens is 2. The highest BCUT2D eigenvalue weighted by Gasteiger charge is 2.22. The molecule has 10 heteroatoms. The Labute approximate surface area is 186 Å². The van der Waals surface area contributed by atoms with Gasteiger partial charge < -0.3 is 20.1 Å². The highest BCUT2D eigenvalue weighted by atomic mass is 32.2. The first-order valence-corrected chi connectivity index (χ1v) is 10.8. The van der Waals surface area contributed by atoms with E-state index >= 15 is 0 Å². The van der Waals surface area contributed by atoms with Crippen LogP contribution in [0.5, 0.6) is 11.5 Å². The number of aryl methyl sites for hydroxylation is 1. The lowest BCUT2D eigenvalue weighted by Crippen LogP contribution is -2.48. The summed E-state index contributed by atoms with van der Waals surface area (Å²) in [7, 11) is 3.27. The molecular formula is C21H26N6O3S. The van der Waals surface area contributed by atoms with Gasteiger partial charge in [0.15, 0.2) is 16.7 Å². The number of ether oxygens (including phenoxy) is 2. The monoisotopic (exact) mass is 442 g/mol. The topological polar surface area (TPSA) is 118 Å². The van der Waals surface area contributed by atoms with Crippen molar-refractivity contribution in [3.63, 3.8) is 0 Å². The van der Waals surface area contributed by atoms with Gasteiger partial charge in [0.1, 0.15) is 17.5 Å². The zero-order valence-corrected chi connectivity index (χ0v) is 18.7. The van der Waals surface area contributed by atoms with Crippen molar-refractivity contribution in [3.8, 4) is 17.6 Å². The molecule has 0 bridgehead atoms. The molecule has 1 saturated heterocycles. The lowest BCUT2D eigenvalue weighted by Gasteiger charge is -2.35. The van der Waals surface area contributed by atoms with E-state index < -0.39 is 0 Å². The number of nitrogens with zero attached hydrogens (tertiary/aromatic N) is 5. The van der Waals surface area contributed by atoms with Crippen LogP contribution in [0.2, 0.25) is 0 Å². The van der Waals surface area contributed by atoms with E-state index in [0.29, 0.717) is 18.2 Å². The average Bonchev–Trinajstić information content (AvgIpc) is 2.79. The Hall–Kier alpha value is -3.03. The molecule has 164 valence electrons. The first kappa shape index (κ1) is 22.7. The lowest BCUT2D eigenvalue weighted by molar-refractivity contribution is -0.130. The van der Waals surface area contributed by atoms with Crippen LogP contribution in [0.15, 0.2) is 23.5 Å². The number of rotatable bonds is 7. The number of nitrogens with two attached hydrogens (primary N) is 1. The van der Waals surface area contributed by atoms with Crippen LogP contribution in [0.4, 0.5) is 5.82 Å². The fraction of sp³-hybridized carbons (Fsp3) is 0.429. The molecule has 2 aromatic rings. The molecule has 0 aliphatic carbocycles. The molecule has 2 N–H and O–H groups in total. The predicted molar refractivity (Wildman–Crippen MR) is 118 cm³/mol. The van der Waals surface area contributed by atoms with Crippen molar-refractivity contribution < 1.29 is 14.3 Å². The molecule has 0 unspecified atom stereocenters. The number of methoxy groups -OCH3 is 2. The first-order chi connectivity index (χ1) is 14.9. The molecule has 0 radical (unpaired) electrons. The number of carbonyl (C=O) groups is 1. The number of thioether (sulfide) groups is 1. The SMILES string of the molecule is COc1cc(C)c(CN2CCN(C(=O)CSc3ncc(C#N)c(N)n3)CC2)cc1OC. The van der Waals surface area contributed by atoms with E-state index in [-0.39, 0.29) is 23.0 Å². The Balaban J connectivity index is 1.51. The molecule has 0 atom stereocenters. The second-order valence-electron chi connectivity index (χ2n) is 7.14. The van der Waals surface area contributed by atoms with E-state index in [1.165, 1.54) is 23.5 Å². The molecular weight excluding hydrogens is 416 g/mol. The summed E-state index contributed by atoms with van der Waals surface area (Å²) in [6, 6.07) is 5.93. The maximum Gasteiger partial charge on any atom is 0.233 e. The third-order valence-corrected chi connectivity index (χ3v) is 6.05. The Morgan fingerprint density at radius 2 is 1.90 bits per heavy atom. The summed E-state index contributed by atoms with van der Waals surface area (Å²) in [5, 5.41) is 9.28. The highest BCUT2D eigenvalue weighted by Crippen LogP contribution is 2.31. The average molecular weight is 443 g/mol. The fourth-order valence-corrected chi connectivity index (χ4v) is 4.07. The Bertz CT molecular complexity index is 986. The van der Waals surface area contributed by atoms with Gasteiger partial charge in [-0.1, -0.05) is 11.8 Å². The molecule has 31 heavy (non-hydrogen) atoms. The molecule has 3 rings (SSSR count). The number of nitrogen functional groups attached to an aromatic ring is 1. The van der Waals surface area contributed by atoms with Crippen LogP contribution in [-0.2, 0) is 11.3 Å². The minimum atomic E-state index is 0.0403. The number of piperazine rings is 1. The van der Waals surface area contributed by atoms with Crippen molar-refractivity contribution >= 4 is 23.5 Å². The van der Waals surface area contributed by atoms with Gasteiger partial charge in [-0.2, -0.15) is 5.26 Å². The van der Waals surface area contributed by atoms with E-state index in [4.69, 9.17) is 20.5 Å². The number of benzene rings is 1. The van der Waals surface area contributed by atoms with E-state index in [2.05, 4.69) is 21.8 Å². The number of nitriles is 1. The molecule has 1 aromatic heterocycles. The molecule has 2 heterocycles. The molecule has 0 saturated carbocycles. The van der Waals surface area contributed by atoms with Crippen molar-refractivity contribution in [1.82, 2.24) is 19.8 Å². The number of hydrogen-bond acceptors (Lipinski definition) is 9. The van der Waals surface area contributed by atoms with Crippen molar-refractivity contribution in [2.75, 3.05) is 51.9 Å². The molecule has 9 nitrogen and oxygen atoms in total. The summed E-state index contributed by atoms with van der Waals surface area (Å²) in [5.74, 6) is 1.86. The van der Waals surface area contributed by atoms with E-state index in [1.807, 2.05) is 23.1 Å². The summed E-state index contributed by atoms with van der Waals surface area (Å²) >= 11 is 1.23. The number of anilines is 1. The molecule has 1 aliphatic rings. The van der Waals surface area contributed by atoms with Crippen LogP contribution < -0.4 is 15.2 Å². The Morgan fingerprint density at radius 1 is 1.23 bits per heavy atom. The van der Waals surface area contributed by atoms with Crippen LogP contribution >= 0.6 is 11.8 Å². The van der Waals surface area contributed by atoms with Crippen molar-refractivity contribution in [3.05, 3.63) is 35.0 Å². The van der Waals surface area contributed by atoms with E-state index in [1.54, 1.807) is 14.2 Å². The summed E-state index contributed by atoms with van der Waals surface area (Å²) in [6.45, 7) is 5.78. The number of hydrogen-bond donors (Lipinski definition) is 1. The standard InChI is InChI=1S/C21H26N6O3S/c1-14-8-17(29-2)18(30-3)9-15(14)12-26-4-6-27(7-5-26)19(28)13-31-21-24-11-16(10-22)20(23)25-21/h8-9,11H,4-7,12-13H2,1-3H3,(H2,23,24,25). The maximum atomic E-state index is 12.6. The van der Waals surface area contributed by atoms with Gasteiger partial charge >= 0.3 is 0 Å². The van der Waals surface area contributed by atoms with Gasteiger partial charge in [-0.15, -0.1) is 0 Å². The smallest absolute Gasteiger partial charge is 0.233 e. The minimum Gasteiger partial charge on any atom is -0.493 e. The van der Waals surface area contributed by atoms with Gasteiger partial charge in [0.05, 0.1) is 26.2 Å². The predicted octanol–water partition coefficient (Wildman–Crippen LogP) is 1.69. The van der Waals surface area contributed by atoms with Gasteiger partial charge in [0, 0.05) is 32.7 Å². The molecule has 1 aliphatic heterocycles. The summed E-state index contributed by atoms with van der Waals surface area (Å²) in [5.41, 5.74) is 8.27.